The van der Waals surface area contributed by atoms with Gasteiger partial charge in [-0.25, -0.2) is 14.8 Å². The summed E-state index contributed by atoms with van der Waals surface area (Å²) in [4.78, 5) is 25.3. The summed E-state index contributed by atoms with van der Waals surface area (Å²) in [5.41, 5.74) is 2.54. The maximum absolute atomic E-state index is 12.5. The molecule has 3 aromatic rings. The standard InChI is InChI=1S/C22H22ClN5O2/c1-30-19-7-5-16(6-8-19)20-14-21(25-15-24-20)27-9-11-28(12-10-27)22(29)26-18-4-2-3-17(23)13-18/h2-8,13-15H,9-12H2,1H3,(H,26,29). The van der Waals surface area contributed by atoms with Crippen LogP contribution in [-0.2, 0) is 0 Å². The van der Waals surface area contributed by atoms with Gasteiger partial charge in [-0.1, -0.05) is 17.7 Å². The van der Waals surface area contributed by atoms with Gasteiger partial charge in [0.15, 0.2) is 0 Å². The van der Waals surface area contributed by atoms with Crippen LogP contribution in [0.15, 0.2) is 60.9 Å². The van der Waals surface area contributed by atoms with E-state index >= 15 is 0 Å². The Balaban J connectivity index is 1.38. The first-order valence-corrected chi connectivity index (χ1v) is 10.0. The van der Waals surface area contributed by atoms with E-state index in [0.29, 0.717) is 36.9 Å². The van der Waals surface area contributed by atoms with E-state index in [0.717, 1.165) is 22.8 Å². The number of nitrogens with one attached hydrogen (secondary N) is 1. The molecule has 2 heterocycles. The molecule has 1 aliphatic rings. The van der Waals surface area contributed by atoms with E-state index in [2.05, 4.69) is 20.2 Å². The van der Waals surface area contributed by atoms with Gasteiger partial charge in [-0.2, -0.15) is 0 Å². The number of ether oxygens (including phenoxy) is 1. The number of halogens is 1. The molecule has 1 saturated heterocycles. The number of piperazine rings is 1. The summed E-state index contributed by atoms with van der Waals surface area (Å²) < 4.78 is 5.21. The van der Waals surface area contributed by atoms with Gasteiger partial charge in [0.2, 0.25) is 0 Å². The predicted molar refractivity (Wildman–Crippen MR) is 118 cm³/mol. The fourth-order valence-corrected chi connectivity index (χ4v) is 3.54. The van der Waals surface area contributed by atoms with Gasteiger partial charge in [-0.15, -0.1) is 0 Å². The summed E-state index contributed by atoms with van der Waals surface area (Å²) in [7, 11) is 1.65. The van der Waals surface area contributed by atoms with Gasteiger partial charge in [-0.05, 0) is 42.5 Å². The number of carbonyl (C=O) groups is 1. The zero-order valence-corrected chi connectivity index (χ0v) is 17.3. The number of amides is 2. The summed E-state index contributed by atoms with van der Waals surface area (Å²) in [6.07, 6.45) is 1.58. The fourth-order valence-electron chi connectivity index (χ4n) is 3.35. The zero-order chi connectivity index (χ0) is 20.9. The quantitative estimate of drug-likeness (QED) is 0.682. The van der Waals surface area contributed by atoms with Crippen molar-refractivity contribution in [3.63, 3.8) is 0 Å². The first-order valence-electron chi connectivity index (χ1n) is 9.65. The van der Waals surface area contributed by atoms with Crippen molar-refractivity contribution < 1.29 is 9.53 Å². The molecular weight excluding hydrogens is 402 g/mol. The lowest BCUT2D eigenvalue weighted by Crippen LogP contribution is -2.50. The molecule has 0 saturated carbocycles. The van der Waals surface area contributed by atoms with Crippen molar-refractivity contribution in [2.45, 2.75) is 0 Å². The average Bonchev–Trinajstić information content (AvgIpc) is 2.79. The number of urea groups is 1. The Labute approximate surface area is 180 Å². The number of aromatic nitrogens is 2. The third kappa shape index (κ3) is 4.63. The maximum Gasteiger partial charge on any atom is 0.321 e. The van der Waals surface area contributed by atoms with Crippen LogP contribution in [0, 0.1) is 0 Å². The Morgan fingerprint density at radius 2 is 1.80 bits per heavy atom. The monoisotopic (exact) mass is 423 g/mol. The molecule has 2 aromatic carbocycles. The zero-order valence-electron chi connectivity index (χ0n) is 16.6. The number of anilines is 2. The number of benzene rings is 2. The molecule has 2 amide bonds. The number of carbonyl (C=O) groups excluding carboxylic acids is 1. The van der Waals surface area contributed by atoms with Crippen LogP contribution < -0.4 is 15.0 Å². The highest BCUT2D eigenvalue weighted by molar-refractivity contribution is 6.30. The van der Waals surface area contributed by atoms with E-state index in [4.69, 9.17) is 16.3 Å². The van der Waals surface area contributed by atoms with Gasteiger partial charge < -0.3 is 19.9 Å². The lowest BCUT2D eigenvalue weighted by atomic mass is 10.1. The summed E-state index contributed by atoms with van der Waals surface area (Å²) in [6, 6.07) is 16.8. The number of hydrogen-bond acceptors (Lipinski definition) is 5. The van der Waals surface area contributed by atoms with E-state index in [-0.39, 0.29) is 6.03 Å². The number of nitrogens with zero attached hydrogens (tertiary/aromatic N) is 4. The van der Waals surface area contributed by atoms with Crippen molar-refractivity contribution in [1.82, 2.24) is 14.9 Å². The van der Waals surface area contributed by atoms with Crippen molar-refractivity contribution in [3.05, 3.63) is 65.9 Å². The first-order chi connectivity index (χ1) is 14.6. The molecule has 0 unspecified atom stereocenters. The molecule has 0 radical (unpaired) electrons. The van der Waals surface area contributed by atoms with Crippen molar-refractivity contribution in [3.8, 4) is 17.0 Å². The van der Waals surface area contributed by atoms with Gasteiger partial charge in [0, 0.05) is 48.5 Å². The van der Waals surface area contributed by atoms with Gasteiger partial charge in [-0.3, -0.25) is 0 Å². The minimum atomic E-state index is -0.126. The van der Waals surface area contributed by atoms with E-state index in [1.807, 2.05) is 42.5 Å². The molecule has 4 rings (SSSR count). The topological polar surface area (TPSA) is 70.6 Å². The number of rotatable bonds is 4. The van der Waals surface area contributed by atoms with E-state index < -0.39 is 0 Å². The third-order valence-corrected chi connectivity index (χ3v) is 5.24. The number of methoxy groups -OCH3 is 1. The second-order valence-corrected chi connectivity index (χ2v) is 7.34. The summed E-state index contributed by atoms with van der Waals surface area (Å²) in [5, 5.41) is 3.49. The largest absolute Gasteiger partial charge is 0.497 e. The highest BCUT2D eigenvalue weighted by Crippen LogP contribution is 2.24. The van der Waals surface area contributed by atoms with Crippen LogP contribution in [0.25, 0.3) is 11.3 Å². The molecule has 0 atom stereocenters. The second kappa shape index (κ2) is 9.00. The molecule has 1 N–H and O–H groups in total. The van der Waals surface area contributed by atoms with Crippen molar-refractivity contribution in [1.29, 1.82) is 0 Å². The summed E-state index contributed by atoms with van der Waals surface area (Å²) in [5.74, 6) is 1.66. The van der Waals surface area contributed by atoms with Crippen LogP contribution in [0.5, 0.6) is 5.75 Å². The summed E-state index contributed by atoms with van der Waals surface area (Å²) in [6.45, 7) is 2.60. The minimum absolute atomic E-state index is 0.126. The molecule has 1 aliphatic heterocycles. The first kappa shape index (κ1) is 20.0. The molecule has 0 spiro atoms. The highest BCUT2D eigenvalue weighted by Gasteiger charge is 2.22. The lowest BCUT2D eigenvalue weighted by molar-refractivity contribution is 0.208. The van der Waals surface area contributed by atoms with Crippen LogP contribution in [-0.4, -0.2) is 54.2 Å². The molecule has 154 valence electrons. The van der Waals surface area contributed by atoms with Crippen LogP contribution in [0.4, 0.5) is 16.3 Å². The predicted octanol–water partition coefficient (Wildman–Crippen LogP) is 4.16. The highest BCUT2D eigenvalue weighted by atomic mass is 35.5. The van der Waals surface area contributed by atoms with Crippen molar-refractivity contribution in [2.75, 3.05) is 43.5 Å². The smallest absolute Gasteiger partial charge is 0.321 e. The SMILES string of the molecule is COc1ccc(-c2cc(N3CCN(C(=O)Nc4cccc(Cl)c4)CC3)ncn2)cc1. The molecule has 1 fully saturated rings. The Bertz CT molecular complexity index is 1020. The molecule has 8 heteroatoms. The Morgan fingerprint density at radius 1 is 1.03 bits per heavy atom. The average molecular weight is 424 g/mol. The third-order valence-electron chi connectivity index (χ3n) is 5.01. The normalized spacial score (nSPS) is 13.8. The Kier molecular flexibility index (Phi) is 5.99. The molecule has 0 aliphatic carbocycles. The minimum Gasteiger partial charge on any atom is -0.497 e. The van der Waals surface area contributed by atoms with Crippen LogP contribution in [0.3, 0.4) is 0 Å². The molecule has 7 nitrogen and oxygen atoms in total. The van der Waals surface area contributed by atoms with Crippen LogP contribution in [0.1, 0.15) is 0 Å². The molecule has 0 bridgehead atoms. The molecule has 1 aromatic heterocycles. The number of hydrogen-bond donors (Lipinski definition) is 1. The van der Waals surface area contributed by atoms with E-state index in [1.54, 1.807) is 30.5 Å². The Hall–Kier alpha value is -3.32. The Morgan fingerprint density at radius 3 is 2.50 bits per heavy atom. The van der Waals surface area contributed by atoms with Crippen molar-refractivity contribution >= 4 is 29.1 Å². The maximum atomic E-state index is 12.5. The summed E-state index contributed by atoms with van der Waals surface area (Å²) >= 11 is 5.98. The molecule has 30 heavy (non-hydrogen) atoms. The lowest BCUT2D eigenvalue weighted by Gasteiger charge is -2.35. The van der Waals surface area contributed by atoms with E-state index in [9.17, 15) is 4.79 Å². The fraction of sp³-hybridized carbons (Fsp3) is 0.227. The van der Waals surface area contributed by atoms with Crippen LogP contribution >= 0.6 is 11.6 Å². The van der Waals surface area contributed by atoms with Gasteiger partial charge in [0.25, 0.3) is 0 Å². The van der Waals surface area contributed by atoms with E-state index in [1.165, 1.54) is 0 Å². The van der Waals surface area contributed by atoms with Crippen LogP contribution in [0.2, 0.25) is 5.02 Å². The van der Waals surface area contributed by atoms with Gasteiger partial charge >= 0.3 is 6.03 Å². The molecular formula is C22H22ClN5O2. The van der Waals surface area contributed by atoms with Gasteiger partial charge in [0.1, 0.15) is 17.9 Å². The second-order valence-electron chi connectivity index (χ2n) is 6.90. The van der Waals surface area contributed by atoms with Crippen molar-refractivity contribution in [2.24, 2.45) is 0 Å². The van der Waals surface area contributed by atoms with Gasteiger partial charge in [0.05, 0.1) is 12.8 Å².